The minimum absolute atomic E-state index is 0.153. The van der Waals surface area contributed by atoms with Gasteiger partial charge in [-0.2, -0.15) is 31.0 Å². The first-order valence-corrected chi connectivity index (χ1v) is 14.8. The van der Waals surface area contributed by atoms with Crippen molar-refractivity contribution in [3.05, 3.63) is 74.3 Å². The van der Waals surface area contributed by atoms with Gasteiger partial charge in [-0.15, -0.1) is 4.68 Å². The van der Waals surface area contributed by atoms with Crippen molar-refractivity contribution in [1.29, 1.82) is 5.41 Å². The van der Waals surface area contributed by atoms with Crippen LogP contribution < -0.4 is 4.68 Å². The van der Waals surface area contributed by atoms with Gasteiger partial charge in [-0.1, -0.05) is 37.6 Å². The van der Waals surface area contributed by atoms with E-state index in [0.717, 1.165) is 12.6 Å². The molecule has 0 amide bonds. The summed E-state index contributed by atoms with van der Waals surface area (Å²) in [4.78, 5) is -4.38. The quantitative estimate of drug-likeness (QED) is 0.366. The zero-order valence-corrected chi connectivity index (χ0v) is 23.4. The number of halogens is 6. The molecule has 0 radical (unpaired) electrons. The Kier molecular flexibility index (Phi) is 8.34. The Morgan fingerprint density at radius 2 is 1.48 bits per heavy atom. The van der Waals surface area contributed by atoms with Crippen LogP contribution in [0.1, 0.15) is 42.3 Å². The second-order valence-electron chi connectivity index (χ2n) is 9.10. The zero-order valence-electron chi connectivity index (χ0n) is 21.8. The maximum Gasteiger partial charge on any atom is 0.502 e. The van der Waals surface area contributed by atoms with E-state index in [-0.39, 0.29) is 22.8 Å². The molecular weight excluding hydrogens is 584 g/mol. The molecule has 1 N–H and O–H groups in total. The van der Waals surface area contributed by atoms with Crippen molar-refractivity contribution >= 4 is 37.0 Å². The van der Waals surface area contributed by atoms with E-state index >= 15 is 0 Å². The Hall–Kier alpha value is -3.20. The monoisotopic (exact) mass is 610 g/mol. The molecule has 7 nitrogen and oxygen atoms in total. The van der Waals surface area contributed by atoms with E-state index in [1.165, 1.54) is 48.5 Å². The average molecular weight is 611 g/mol. The van der Waals surface area contributed by atoms with Crippen LogP contribution in [0.5, 0.6) is 0 Å². The number of aryl methyl sites for hydroxylation is 2. The normalized spacial score (nSPS) is 15.7. The fourth-order valence-electron chi connectivity index (χ4n) is 4.29. The topological polar surface area (TPSA) is 101 Å². The molecule has 1 heterocycles. The molecule has 218 valence electrons. The summed E-state index contributed by atoms with van der Waals surface area (Å²) in [5.41, 5.74) is -11.2. The van der Waals surface area contributed by atoms with E-state index in [9.17, 15) is 43.2 Å². The fraction of sp³-hybridized carbons (Fsp3) is 0.360. The molecule has 40 heavy (non-hydrogen) atoms. The standard InChI is InChI=1S/C15H7F6NO4S2.C10H19N2/c16-14(17,18)27(23,24)11-6-9-8-4-2-1-3-7(8)5-10(9)12(22)13(11)28(25,26)15(19,20)21;1-5-6-7-12-10(3)8-9(2)11(12)4/h1-6,22H;8H,5-7H2,1-4H3/q;+1. The Labute approximate surface area is 227 Å². The van der Waals surface area contributed by atoms with Crippen molar-refractivity contribution in [2.24, 2.45) is 7.05 Å². The molecule has 4 rings (SSSR count). The molecule has 0 aliphatic heterocycles. The summed E-state index contributed by atoms with van der Waals surface area (Å²) in [5.74, 6) is 0. The van der Waals surface area contributed by atoms with Crippen LogP contribution in [0.4, 0.5) is 26.3 Å². The highest BCUT2D eigenvalue weighted by atomic mass is 32.2. The summed E-state index contributed by atoms with van der Waals surface area (Å²) in [6.07, 6.45) is 3.85. The highest BCUT2D eigenvalue weighted by Crippen LogP contribution is 2.47. The van der Waals surface area contributed by atoms with Gasteiger partial charge in [-0.05, 0) is 42.2 Å². The number of allylic oxidation sites excluding steroid dienone is 4. The van der Waals surface area contributed by atoms with Gasteiger partial charge in [-0.3, -0.25) is 5.41 Å². The number of nitrogens with zero attached hydrogens (tertiary/aromatic N) is 2. The number of fused-ring (bicyclic) bond motifs is 3. The number of rotatable bonds is 5. The molecule has 0 saturated carbocycles. The van der Waals surface area contributed by atoms with Crippen LogP contribution in [0, 0.1) is 19.3 Å². The third-order valence-electron chi connectivity index (χ3n) is 6.43. The number of nitrogens with one attached hydrogen (secondary N) is 1. The van der Waals surface area contributed by atoms with Crippen LogP contribution in [0.3, 0.4) is 0 Å². The lowest BCUT2D eigenvalue weighted by molar-refractivity contribution is -0.759. The molecule has 0 saturated heterocycles. The maximum absolute atomic E-state index is 13.0. The van der Waals surface area contributed by atoms with Crippen LogP contribution in [0.2, 0.25) is 0 Å². The van der Waals surface area contributed by atoms with Crippen LogP contribution in [0.25, 0.3) is 11.6 Å². The fourth-order valence-corrected chi connectivity index (χ4v) is 6.75. The highest BCUT2D eigenvalue weighted by Gasteiger charge is 2.57. The number of hydrogen-bond acceptors (Lipinski definition) is 5. The summed E-state index contributed by atoms with van der Waals surface area (Å²) in [7, 11) is -11.0. The van der Waals surface area contributed by atoms with Crippen LogP contribution >= 0.6 is 0 Å². The summed E-state index contributed by atoms with van der Waals surface area (Å²) in [6, 6.07) is 7.93. The maximum atomic E-state index is 13.0. The van der Waals surface area contributed by atoms with Gasteiger partial charge in [0.2, 0.25) is 5.69 Å². The predicted molar refractivity (Wildman–Crippen MR) is 137 cm³/mol. The van der Waals surface area contributed by atoms with Crippen LogP contribution in [-0.4, -0.2) is 38.2 Å². The first kappa shape index (κ1) is 31.3. The molecule has 2 aromatic rings. The van der Waals surface area contributed by atoms with Crippen molar-refractivity contribution in [3.8, 4) is 0 Å². The van der Waals surface area contributed by atoms with Crippen molar-refractivity contribution in [3.63, 3.8) is 0 Å². The molecule has 2 aliphatic rings. The number of alkyl halides is 6. The molecule has 0 spiro atoms. The Balaban J connectivity index is 0.000000307. The molecule has 0 bridgehead atoms. The molecule has 0 atom stereocenters. The van der Waals surface area contributed by atoms with E-state index in [1.807, 2.05) is 0 Å². The van der Waals surface area contributed by atoms with Gasteiger partial charge in [0.25, 0.3) is 19.7 Å². The van der Waals surface area contributed by atoms with Gasteiger partial charge in [-0.25, -0.2) is 16.8 Å². The van der Waals surface area contributed by atoms with Crippen molar-refractivity contribution in [2.75, 3.05) is 0 Å². The second kappa shape index (κ2) is 10.7. The summed E-state index contributed by atoms with van der Waals surface area (Å²) >= 11 is 0. The summed E-state index contributed by atoms with van der Waals surface area (Å²) in [6.45, 7) is 7.69. The molecule has 1 aromatic heterocycles. The SMILES string of the molecule is CCCCn1c(C)cc(C)[n+]1C.N=C1C2=Cc3ccccc3C2=CC(S(=O)(=O)C(F)(F)F)=C1S(=O)(=O)C(F)(F)F. The largest absolute Gasteiger partial charge is 0.502 e. The van der Waals surface area contributed by atoms with Crippen molar-refractivity contribution in [2.45, 2.75) is 51.2 Å². The van der Waals surface area contributed by atoms with Crippen molar-refractivity contribution < 1.29 is 47.9 Å². The zero-order chi connectivity index (χ0) is 30.4. The first-order valence-electron chi connectivity index (χ1n) is 11.8. The molecule has 2 aliphatic carbocycles. The molecule has 0 fully saturated rings. The number of unbranched alkanes of at least 4 members (excludes halogenated alkanes) is 1. The number of benzene rings is 1. The van der Waals surface area contributed by atoms with Crippen LogP contribution in [0.15, 0.2) is 51.8 Å². The van der Waals surface area contributed by atoms with E-state index in [2.05, 4.69) is 43.2 Å². The lowest BCUT2D eigenvalue weighted by Crippen LogP contribution is -2.41. The van der Waals surface area contributed by atoms with Gasteiger partial charge in [0.05, 0.1) is 22.9 Å². The Bertz CT molecular complexity index is 1680. The molecule has 15 heteroatoms. The average Bonchev–Trinajstić information content (AvgIpc) is 3.33. The highest BCUT2D eigenvalue weighted by molar-refractivity contribution is 8.00. The molecular formula is C25H26F6N3O4S2+. The number of sulfone groups is 2. The number of aromatic nitrogens is 2. The molecule has 0 unspecified atom stereocenters. The van der Waals surface area contributed by atoms with E-state index in [4.69, 9.17) is 5.41 Å². The smallest absolute Gasteiger partial charge is 0.299 e. The third-order valence-corrected chi connectivity index (χ3v) is 9.64. The first-order chi connectivity index (χ1) is 18.3. The minimum Gasteiger partial charge on any atom is -0.299 e. The van der Waals surface area contributed by atoms with Crippen LogP contribution in [-0.2, 0) is 33.3 Å². The van der Waals surface area contributed by atoms with E-state index in [0.29, 0.717) is 0 Å². The number of hydrogen-bond donors (Lipinski definition) is 1. The van der Waals surface area contributed by atoms with Gasteiger partial charge in [0.15, 0.2) is 7.05 Å². The second-order valence-corrected chi connectivity index (χ2v) is 12.9. The Morgan fingerprint density at radius 1 is 0.900 bits per heavy atom. The van der Waals surface area contributed by atoms with Gasteiger partial charge in [0, 0.05) is 18.6 Å². The third kappa shape index (κ3) is 5.40. The minimum atomic E-state index is -6.58. The van der Waals surface area contributed by atoms with Gasteiger partial charge >= 0.3 is 11.0 Å². The summed E-state index contributed by atoms with van der Waals surface area (Å²) < 4.78 is 130. The Morgan fingerprint density at radius 3 is 1.98 bits per heavy atom. The predicted octanol–water partition coefficient (Wildman–Crippen LogP) is 5.31. The van der Waals surface area contributed by atoms with E-state index < -0.39 is 51.8 Å². The summed E-state index contributed by atoms with van der Waals surface area (Å²) in [5, 5.41) is 7.82. The lowest BCUT2D eigenvalue weighted by Gasteiger charge is -2.23. The molecule has 1 aromatic carbocycles. The lowest BCUT2D eigenvalue weighted by atomic mass is 9.95. The van der Waals surface area contributed by atoms with E-state index in [1.54, 1.807) is 0 Å². The van der Waals surface area contributed by atoms with Gasteiger partial charge < -0.3 is 0 Å². The van der Waals surface area contributed by atoms with Crippen molar-refractivity contribution in [1.82, 2.24) is 4.68 Å². The van der Waals surface area contributed by atoms with Gasteiger partial charge in [0.1, 0.15) is 4.91 Å².